The molecule has 0 bridgehead atoms. The summed E-state index contributed by atoms with van der Waals surface area (Å²) in [7, 11) is 2.24. The Balaban J connectivity index is 1.49. The van der Waals surface area contributed by atoms with Gasteiger partial charge in [0.1, 0.15) is 6.10 Å². The van der Waals surface area contributed by atoms with Crippen LogP contribution in [0.4, 0.5) is 0 Å². The van der Waals surface area contributed by atoms with Crippen LogP contribution in [0, 0.1) is 6.92 Å². The fraction of sp³-hybridized carbons (Fsp3) is 0.444. The molecule has 1 saturated carbocycles. The zero-order valence-corrected chi connectivity index (χ0v) is 20.0. The number of hydrogen-bond donors (Lipinski definition) is 1. The minimum absolute atomic E-state index is 0.322. The Morgan fingerprint density at radius 2 is 1.94 bits per heavy atom. The van der Waals surface area contributed by atoms with Crippen molar-refractivity contribution in [3.05, 3.63) is 69.9 Å². The van der Waals surface area contributed by atoms with Crippen LogP contribution in [0.2, 0.25) is 5.02 Å². The summed E-state index contributed by atoms with van der Waals surface area (Å²) in [5.41, 5.74) is 4.46. The van der Waals surface area contributed by atoms with Gasteiger partial charge < -0.3 is 14.6 Å². The molecule has 0 radical (unpaired) electrons. The van der Waals surface area contributed by atoms with E-state index >= 15 is 0 Å². The number of hydrogen-bond acceptors (Lipinski definition) is 3. The molecule has 3 aromatic rings. The van der Waals surface area contributed by atoms with Crippen molar-refractivity contribution in [1.82, 2.24) is 9.88 Å². The lowest BCUT2D eigenvalue weighted by molar-refractivity contribution is 0.0339. The van der Waals surface area contributed by atoms with Gasteiger partial charge in [0.25, 0.3) is 0 Å². The molecular formula is C27H33ClN2O2. The maximum Gasteiger partial charge on any atom is 0.341 e. The number of nitrogens with one attached hydrogen (secondary N) is 1. The van der Waals surface area contributed by atoms with Gasteiger partial charge in [-0.2, -0.15) is 0 Å². The number of likely N-dealkylation sites (N-methyl/N-ethyl adjacent to an activating group) is 1. The molecule has 0 spiro atoms. The van der Waals surface area contributed by atoms with Gasteiger partial charge in [0, 0.05) is 39.8 Å². The second-order valence-electron chi connectivity index (χ2n) is 9.10. The van der Waals surface area contributed by atoms with Gasteiger partial charge in [-0.25, -0.2) is 4.79 Å². The van der Waals surface area contributed by atoms with E-state index in [0.29, 0.717) is 16.6 Å². The lowest BCUT2D eigenvalue weighted by Crippen LogP contribution is -2.34. The predicted octanol–water partition coefficient (Wildman–Crippen LogP) is 6.85. The van der Waals surface area contributed by atoms with E-state index in [9.17, 15) is 4.79 Å². The molecule has 0 saturated heterocycles. The third-order valence-electron chi connectivity index (χ3n) is 6.83. The highest BCUT2D eigenvalue weighted by Crippen LogP contribution is 2.29. The number of aromatic amines is 1. The smallest absolute Gasteiger partial charge is 0.341 e. The number of rotatable bonds is 7. The van der Waals surface area contributed by atoms with Crippen molar-refractivity contribution >= 4 is 28.5 Å². The van der Waals surface area contributed by atoms with Crippen molar-refractivity contribution in [3.8, 4) is 0 Å². The number of carbonyl (C=O) groups is 1. The Morgan fingerprint density at radius 3 is 2.69 bits per heavy atom. The molecule has 1 aromatic heterocycles. The first-order chi connectivity index (χ1) is 15.4. The SMILES string of the molecule is Cc1[nH]c2ccc(CCN(C)C3CCCCC3)cc2c1C(=O)OC(C)c1ccccc1Cl. The molecular weight excluding hydrogens is 420 g/mol. The number of aryl methyl sites for hydroxylation is 1. The molecule has 1 heterocycles. The number of fused-ring (bicyclic) bond motifs is 1. The Kier molecular flexibility index (Phi) is 7.22. The zero-order chi connectivity index (χ0) is 22.7. The summed E-state index contributed by atoms with van der Waals surface area (Å²) in [5, 5.41) is 1.53. The standard InChI is InChI=1S/C27H33ClN2O2/c1-18-26(27(31)32-19(2)22-11-7-8-12-24(22)28)23-17-20(13-14-25(23)29-18)15-16-30(3)21-9-5-4-6-10-21/h7-8,11-14,17,19,21,29H,4-6,9-10,15-16H2,1-3H3. The van der Waals surface area contributed by atoms with E-state index in [4.69, 9.17) is 16.3 Å². The topological polar surface area (TPSA) is 45.3 Å². The second-order valence-corrected chi connectivity index (χ2v) is 9.50. The quantitative estimate of drug-likeness (QED) is 0.398. The van der Waals surface area contributed by atoms with Crippen LogP contribution in [0.5, 0.6) is 0 Å². The molecule has 4 rings (SSSR count). The van der Waals surface area contributed by atoms with Crippen LogP contribution in [0.25, 0.3) is 10.9 Å². The second kappa shape index (κ2) is 10.1. The maximum atomic E-state index is 13.1. The van der Waals surface area contributed by atoms with Crippen LogP contribution in [0.15, 0.2) is 42.5 Å². The van der Waals surface area contributed by atoms with Crippen molar-refractivity contribution in [1.29, 1.82) is 0 Å². The van der Waals surface area contributed by atoms with Gasteiger partial charge in [0.15, 0.2) is 0 Å². The number of nitrogens with zero attached hydrogens (tertiary/aromatic N) is 1. The van der Waals surface area contributed by atoms with Crippen molar-refractivity contribution < 1.29 is 9.53 Å². The Morgan fingerprint density at radius 1 is 1.19 bits per heavy atom. The largest absolute Gasteiger partial charge is 0.454 e. The average molecular weight is 453 g/mol. The zero-order valence-electron chi connectivity index (χ0n) is 19.3. The summed E-state index contributed by atoms with van der Waals surface area (Å²) in [6, 6.07) is 14.6. The third kappa shape index (κ3) is 5.02. The molecule has 2 aromatic carbocycles. The van der Waals surface area contributed by atoms with Gasteiger partial charge in [-0.1, -0.05) is 55.1 Å². The number of benzene rings is 2. The van der Waals surface area contributed by atoms with Gasteiger partial charge >= 0.3 is 5.97 Å². The van der Waals surface area contributed by atoms with Crippen LogP contribution in [-0.4, -0.2) is 35.5 Å². The molecule has 1 atom stereocenters. The molecule has 1 fully saturated rings. The monoisotopic (exact) mass is 452 g/mol. The summed E-state index contributed by atoms with van der Waals surface area (Å²) >= 11 is 6.29. The van der Waals surface area contributed by atoms with E-state index in [-0.39, 0.29) is 5.97 Å². The summed E-state index contributed by atoms with van der Waals surface area (Å²) < 4.78 is 5.82. The van der Waals surface area contributed by atoms with E-state index in [1.54, 1.807) is 0 Å². The molecule has 32 heavy (non-hydrogen) atoms. The lowest BCUT2D eigenvalue weighted by Gasteiger charge is -2.31. The normalized spacial score (nSPS) is 15.9. The first-order valence-corrected chi connectivity index (χ1v) is 12.1. The van der Waals surface area contributed by atoms with Crippen LogP contribution < -0.4 is 0 Å². The number of esters is 1. The first-order valence-electron chi connectivity index (χ1n) is 11.7. The molecule has 170 valence electrons. The molecule has 4 nitrogen and oxygen atoms in total. The van der Waals surface area contributed by atoms with E-state index < -0.39 is 6.10 Å². The van der Waals surface area contributed by atoms with Gasteiger partial charge in [-0.3, -0.25) is 0 Å². The van der Waals surface area contributed by atoms with Gasteiger partial charge in [-0.05, 0) is 63.9 Å². The highest BCUT2D eigenvalue weighted by molar-refractivity contribution is 6.31. The van der Waals surface area contributed by atoms with E-state index in [1.807, 2.05) is 38.1 Å². The van der Waals surface area contributed by atoms with Crippen molar-refractivity contribution in [3.63, 3.8) is 0 Å². The van der Waals surface area contributed by atoms with E-state index in [1.165, 1.54) is 37.7 Å². The third-order valence-corrected chi connectivity index (χ3v) is 7.18. The predicted molar refractivity (Wildman–Crippen MR) is 132 cm³/mol. The van der Waals surface area contributed by atoms with Gasteiger partial charge in [0.2, 0.25) is 0 Å². The highest BCUT2D eigenvalue weighted by atomic mass is 35.5. The summed E-state index contributed by atoms with van der Waals surface area (Å²) in [6.07, 6.45) is 7.24. The fourth-order valence-corrected chi connectivity index (χ4v) is 5.18. The van der Waals surface area contributed by atoms with Crippen molar-refractivity contribution in [2.45, 2.75) is 64.5 Å². The van der Waals surface area contributed by atoms with E-state index in [0.717, 1.165) is 35.1 Å². The molecule has 1 unspecified atom stereocenters. The number of ether oxygens (including phenoxy) is 1. The maximum absolute atomic E-state index is 13.1. The molecule has 1 N–H and O–H groups in total. The number of aromatic nitrogens is 1. The molecule has 1 aliphatic carbocycles. The number of halogens is 1. The number of carbonyl (C=O) groups excluding carboxylic acids is 1. The summed E-state index contributed by atoms with van der Waals surface area (Å²) in [6.45, 7) is 4.81. The first kappa shape index (κ1) is 22.9. The Bertz CT molecular complexity index is 1080. The highest BCUT2D eigenvalue weighted by Gasteiger charge is 2.22. The van der Waals surface area contributed by atoms with Crippen LogP contribution >= 0.6 is 11.6 Å². The fourth-order valence-electron chi connectivity index (χ4n) is 4.89. The molecule has 0 amide bonds. The van der Waals surface area contributed by atoms with Crippen LogP contribution in [0.3, 0.4) is 0 Å². The minimum Gasteiger partial charge on any atom is -0.454 e. The lowest BCUT2D eigenvalue weighted by atomic mass is 9.94. The summed E-state index contributed by atoms with van der Waals surface area (Å²) in [5.74, 6) is -0.322. The van der Waals surface area contributed by atoms with Crippen LogP contribution in [-0.2, 0) is 11.2 Å². The summed E-state index contributed by atoms with van der Waals surface area (Å²) in [4.78, 5) is 19.0. The van der Waals surface area contributed by atoms with E-state index in [2.05, 4.69) is 35.1 Å². The Hall–Kier alpha value is -2.30. The van der Waals surface area contributed by atoms with Crippen LogP contribution in [0.1, 0.15) is 72.3 Å². The van der Waals surface area contributed by atoms with Crippen molar-refractivity contribution in [2.24, 2.45) is 0 Å². The van der Waals surface area contributed by atoms with Gasteiger partial charge in [-0.15, -0.1) is 0 Å². The number of H-pyrrole nitrogens is 1. The molecule has 1 aliphatic rings. The van der Waals surface area contributed by atoms with Crippen molar-refractivity contribution in [2.75, 3.05) is 13.6 Å². The Labute approximate surface area is 195 Å². The molecule has 0 aliphatic heterocycles. The van der Waals surface area contributed by atoms with Gasteiger partial charge in [0.05, 0.1) is 5.56 Å². The average Bonchev–Trinajstić information content (AvgIpc) is 3.13. The minimum atomic E-state index is -0.423. The molecule has 5 heteroatoms.